The van der Waals surface area contributed by atoms with Crippen LogP contribution in [0.3, 0.4) is 0 Å². The lowest BCUT2D eigenvalue weighted by Crippen LogP contribution is -2.47. The Kier molecular flexibility index (Phi) is 12.2. The number of carbonyl (C=O) groups is 2. The van der Waals surface area contributed by atoms with E-state index in [2.05, 4.69) is 9.80 Å². The Hall–Kier alpha value is -3.70. The van der Waals surface area contributed by atoms with Crippen LogP contribution in [0.2, 0.25) is 0 Å². The summed E-state index contributed by atoms with van der Waals surface area (Å²) < 4.78 is 37.2. The first-order chi connectivity index (χ1) is 19.4. The maximum atomic E-state index is 12.5. The Bertz CT molecular complexity index is 1070. The first-order valence-electron chi connectivity index (χ1n) is 13.2. The number of esters is 2. The molecule has 0 spiro atoms. The molecule has 0 aliphatic carbocycles. The average Bonchev–Trinajstić information content (AvgIpc) is 3.00. The molecule has 0 atom stereocenters. The molecule has 0 radical (unpaired) electrons. The van der Waals surface area contributed by atoms with Crippen LogP contribution in [0.1, 0.15) is 33.6 Å². The zero-order valence-corrected chi connectivity index (χ0v) is 24.0. The molecule has 11 heteroatoms. The van der Waals surface area contributed by atoms with E-state index in [0.29, 0.717) is 53.1 Å². The Morgan fingerprint density at radius 3 is 1.40 bits per heavy atom. The highest BCUT2D eigenvalue weighted by Gasteiger charge is 2.19. The predicted octanol–water partition coefficient (Wildman–Crippen LogP) is 3.14. The number of piperazine rings is 1. The molecule has 1 heterocycles. The second-order valence-electron chi connectivity index (χ2n) is 9.18. The molecule has 0 amide bonds. The van der Waals surface area contributed by atoms with Crippen molar-refractivity contribution in [3.05, 3.63) is 41.5 Å². The summed E-state index contributed by atoms with van der Waals surface area (Å²) in [6.45, 7) is 6.11. The Morgan fingerprint density at radius 1 is 0.600 bits per heavy atom. The van der Waals surface area contributed by atoms with Crippen LogP contribution < -0.4 is 23.7 Å². The van der Waals surface area contributed by atoms with Gasteiger partial charge in [-0.25, -0.2) is 9.59 Å². The van der Waals surface area contributed by atoms with E-state index >= 15 is 0 Å². The van der Waals surface area contributed by atoms with Gasteiger partial charge in [-0.1, -0.05) is 0 Å². The lowest BCUT2D eigenvalue weighted by molar-refractivity contribution is 0.0447. The van der Waals surface area contributed by atoms with Crippen molar-refractivity contribution in [1.29, 1.82) is 0 Å². The van der Waals surface area contributed by atoms with Gasteiger partial charge in [-0.05, 0) is 37.1 Å². The van der Waals surface area contributed by atoms with Crippen molar-refractivity contribution in [2.75, 3.05) is 88.0 Å². The Labute approximate surface area is 235 Å². The third kappa shape index (κ3) is 8.65. The van der Waals surface area contributed by atoms with Crippen molar-refractivity contribution in [3.8, 4) is 28.7 Å². The van der Waals surface area contributed by atoms with E-state index in [4.69, 9.17) is 33.2 Å². The van der Waals surface area contributed by atoms with Crippen molar-refractivity contribution < 1.29 is 42.7 Å². The van der Waals surface area contributed by atoms with Gasteiger partial charge < -0.3 is 43.0 Å². The van der Waals surface area contributed by atoms with Crippen LogP contribution in [0.5, 0.6) is 28.7 Å². The lowest BCUT2D eigenvalue weighted by Gasteiger charge is -2.34. The Balaban J connectivity index is 1.31. The third-order valence-corrected chi connectivity index (χ3v) is 6.66. The molecule has 2 aromatic rings. The molecule has 40 heavy (non-hydrogen) atoms. The quantitative estimate of drug-likeness (QED) is 0.237. The van der Waals surface area contributed by atoms with Crippen molar-refractivity contribution in [1.82, 2.24) is 9.80 Å². The topological polar surface area (TPSA) is 105 Å². The fourth-order valence-electron chi connectivity index (χ4n) is 4.43. The van der Waals surface area contributed by atoms with Crippen LogP contribution in [0.4, 0.5) is 0 Å². The molecular weight excluding hydrogens is 520 g/mol. The van der Waals surface area contributed by atoms with Crippen LogP contribution in [-0.4, -0.2) is 110 Å². The van der Waals surface area contributed by atoms with Crippen LogP contribution in [0.15, 0.2) is 30.3 Å². The number of hydrogen-bond donors (Lipinski definition) is 0. The van der Waals surface area contributed by atoms with Crippen molar-refractivity contribution in [3.63, 3.8) is 0 Å². The molecule has 0 unspecified atom stereocenters. The number of rotatable bonds is 15. The molecule has 3 rings (SSSR count). The summed E-state index contributed by atoms with van der Waals surface area (Å²) in [5.74, 6) is 1.49. The van der Waals surface area contributed by atoms with Crippen molar-refractivity contribution in [2.45, 2.75) is 12.8 Å². The highest BCUT2D eigenvalue weighted by atomic mass is 16.5. The van der Waals surface area contributed by atoms with Gasteiger partial charge in [0.1, 0.15) is 11.5 Å². The molecule has 1 fully saturated rings. The normalized spacial score (nSPS) is 13.8. The molecule has 1 aliphatic rings. The highest BCUT2D eigenvalue weighted by molar-refractivity contribution is 5.91. The maximum absolute atomic E-state index is 12.5. The fraction of sp³-hybridized carbons (Fsp3) is 0.517. The monoisotopic (exact) mass is 560 g/mol. The minimum Gasteiger partial charge on any atom is -0.497 e. The largest absolute Gasteiger partial charge is 0.497 e. The van der Waals surface area contributed by atoms with Gasteiger partial charge in [0.2, 0.25) is 5.75 Å². The van der Waals surface area contributed by atoms with Crippen molar-refractivity contribution >= 4 is 11.9 Å². The molecule has 0 N–H and O–H groups in total. The highest BCUT2D eigenvalue weighted by Crippen LogP contribution is 2.38. The fourth-order valence-corrected chi connectivity index (χ4v) is 4.43. The van der Waals surface area contributed by atoms with E-state index in [-0.39, 0.29) is 0 Å². The summed E-state index contributed by atoms with van der Waals surface area (Å²) in [6.07, 6.45) is 1.49. The lowest BCUT2D eigenvalue weighted by atomic mass is 10.2. The van der Waals surface area contributed by atoms with Crippen LogP contribution in [-0.2, 0) is 9.47 Å². The van der Waals surface area contributed by atoms with E-state index < -0.39 is 11.9 Å². The van der Waals surface area contributed by atoms with Gasteiger partial charge in [-0.3, -0.25) is 0 Å². The molecule has 220 valence electrons. The number of nitrogens with zero attached hydrogens (tertiary/aromatic N) is 2. The first-order valence-corrected chi connectivity index (χ1v) is 13.2. The zero-order valence-electron chi connectivity index (χ0n) is 24.0. The molecule has 1 aliphatic heterocycles. The van der Waals surface area contributed by atoms with E-state index in [9.17, 15) is 9.59 Å². The molecule has 0 aromatic heterocycles. The zero-order chi connectivity index (χ0) is 28.9. The van der Waals surface area contributed by atoms with E-state index in [1.165, 1.54) is 35.5 Å². The molecule has 1 saturated heterocycles. The number of ether oxygens (including phenoxy) is 7. The van der Waals surface area contributed by atoms with Gasteiger partial charge in [0, 0.05) is 45.3 Å². The second kappa shape index (κ2) is 15.8. The summed E-state index contributed by atoms with van der Waals surface area (Å²) in [4.78, 5) is 29.7. The van der Waals surface area contributed by atoms with E-state index in [0.717, 1.165) is 52.1 Å². The molecule has 11 nitrogen and oxygen atoms in total. The summed E-state index contributed by atoms with van der Waals surface area (Å²) >= 11 is 0. The van der Waals surface area contributed by atoms with Crippen LogP contribution in [0.25, 0.3) is 0 Å². The van der Waals surface area contributed by atoms with Gasteiger partial charge in [0.05, 0.1) is 59.9 Å². The maximum Gasteiger partial charge on any atom is 0.338 e. The SMILES string of the molecule is COc1cc(OC)cc(C(=O)OCCCN2CCN(CCCOC(=O)c3cc(OC)c(OC)c(OC)c3)CC2)c1. The van der Waals surface area contributed by atoms with Gasteiger partial charge in [0.15, 0.2) is 11.5 Å². The summed E-state index contributed by atoms with van der Waals surface area (Å²) in [6, 6.07) is 8.15. The van der Waals surface area contributed by atoms with Crippen LogP contribution >= 0.6 is 0 Å². The molecule has 0 bridgehead atoms. The van der Waals surface area contributed by atoms with Gasteiger partial charge >= 0.3 is 11.9 Å². The summed E-state index contributed by atoms with van der Waals surface area (Å²) in [5.41, 5.74) is 0.746. The molecule has 0 saturated carbocycles. The average molecular weight is 561 g/mol. The number of methoxy groups -OCH3 is 5. The smallest absolute Gasteiger partial charge is 0.338 e. The minimum absolute atomic E-state index is 0.320. The van der Waals surface area contributed by atoms with E-state index in [1.54, 1.807) is 30.3 Å². The predicted molar refractivity (Wildman–Crippen MR) is 148 cm³/mol. The standard InChI is InChI=1S/C29H40N2O9/c1-34-23-16-21(17-24(20-23)35-2)28(32)39-14-6-8-30-10-12-31(13-11-30)9-7-15-40-29(33)22-18-25(36-3)27(38-5)26(19-22)37-4/h16-20H,6-15H2,1-5H3. The summed E-state index contributed by atoms with van der Waals surface area (Å²) in [7, 11) is 7.60. The summed E-state index contributed by atoms with van der Waals surface area (Å²) in [5, 5.41) is 0. The third-order valence-electron chi connectivity index (χ3n) is 6.66. The molecule has 2 aromatic carbocycles. The van der Waals surface area contributed by atoms with E-state index in [1.807, 2.05) is 0 Å². The van der Waals surface area contributed by atoms with Gasteiger partial charge in [0.25, 0.3) is 0 Å². The molecular formula is C29H40N2O9. The second-order valence-corrected chi connectivity index (χ2v) is 9.18. The van der Waals surface area contributed by atoms with Crippen LogP contribution in [0, 0.1) is 0 Å². The number of hydrogen-bond acceptors (Lipinski definition) is 11. The minimum atomic E-state index is -0.435. The Morgan fingerprint density at radius 2 is 1.02 bits per heavy atom. The first kappa shape index (κ1) is 30.8. The van der Waals surface area contributed by atoms with Gasteiger partial charge in [-0.15, -0.1) is 0 Å². The number of carbonyl (C=O) groups excluding carboxylic acids is 2. The number of benzene rings is 2. The van der Waals surface area contributed by atoms with Crippen molar-refractivity contribution in [2.24, 2.45) is 0 Å². The van der Waals surface area contributed by atoms with Gasteiger partial charge in [-0.2, -0.15) is 0 Å².